The Kier molecular flexibility index (Phi) is 4.96. The van der Waals surface area contributed by atoms with Crippen molar-refractivity contribution in [1.29, 1.82) is 0 Å². The minimum Gasteiger partial charge on any atom is -0.308 e. The van der Waals surface area contributed by atoms with E-state index in [1.807, 2.05) is 0 Å². The van der Waals surface area contributed by atoms with Crippen LogP contribution in [0.25, 0.3) is 0 Å². The summed E-state index contributed by atoms with van der Waals surface area (Å²) in [5, 5.41) is 2.63. The molecule has 1 N–H and O–H groups in total. The smallest absolute Gasteiger partial charge is 0.308 e. The predicted octanol–water partition coefficient (Wildman–Crippen LogP) is 3.83. The number of Topliss-reactive ketones (excluding diaryl/α,β-unsaturated/α-hetero) is 1. The molecule has 0 radical (unpaired) electrons. The average Bonchev–Trinajstić information content (AvgIpc) is 2.35. The fourth-order valence-electron chi connectivity index (χ4n) is 1.92. The van der Waals surface area contributed by atoms with Gasteiger partial charge in [-0.05, 0) is 51.1 Å². The van der Waals surface area contributed by atoms with Crippen LogP contribution in [0.15, 0.2) is 18.2 Å². The van der Waals surface area contributed by atoms with E-state index in [-0.39, 0.29) is 23.8 Å². The van der Waals surface area contributed by atoms with Gasteiger partial charge < -0.3 is 5.32 Å². The highest BCUT2D eigenvalue weighted by Crippen LogP contribution is 2.36. The van der Waals surface area contributed by atoms with E-state index in [9.17, 15) is 31.1 Å². The Morgan fingerprint density at radius 1 is 1.00 bits per heavy atom. The van der Waals surface area contributed by atoms with Gasteiger partial charge in [-0.25, -0.2) is 0 Å². The Morgan fingerprint density at radius 3 is 1.68 bits per heavy atom. The second-order valence-electron chi connectivity index (χ2n) is 5.23. The summed E-state index contributed by atoms with van der Waals surface area (Å²) in [5.41, 5.74) is -4.24. The van der Waals surface area contributed by atoms with Crippen molar-refractivity contribution in [2.45, 2.75) is 38.2 Å². The second kappa shape index (κ2) is 5.91. The van der Waals surface area contributed by atoms with Crippen molar-refractivity contribution < 1.29 is 31.1 Å². The lowest BCUT2D eigenvalue weighted by molar-refractivity contribution is -0.143. The van der Waals surface area contributed by atoms with E-state index in [0.29, 0.717) is 12.1 Å². The lowest BCUT2D eigenvalue weighted by atomic mass is 9.88. The molecule has 1 atom stereocenters. The predicted molar refractivity (Wildman–Crippen MR) is 68.3 cm³/mol. The molecular formula is C14H15F6NO. The van der Waals surface area contributed by atoms with Crippen LogP contribution in [0.5, 0.6) is 0 Å². The van der Waals surface area contributed by atoms with Gasteiger partial charge >= 0.3 is 12.4 Å². The van der Waals surface area contributed by atoms with Crippen molar-refractivity contribution >= 4 is 5.78 Å². The third-order valence-corrected chi connectivity index (χ3v) is 3.53. The Morgan fingerprint density at radius 2 is 1.41 bits per heavy atom. The topological polar surface area (TPSA) is 29.1 Å². The summed E-state index contributed by atoms with van der Waals surface area (Å²) >= 11 is 0. The van der Waals surface area contributed by atoms with E-state index in [1.165, 1.54) is 20.9 Å². The Bertz CT molecular complexity index is 531. The summed E-state index contributed by atoms with van der Waals surface area (Å²) in [5.74, 6) is -0.388. The quantitative estimate of drug-likeness (QED) is 0.852. The van der Waals surface area contributed by atoms with Crippen molar-refractivity contribution in [1.82, 2.24) is 5.32 Å². The molecule has 1 rings (SSSR count). The number of ketones is 1. The fraction of sp³-hybridized carbons (Fsp3) is 0.500. The first kappa shape index (κ1) is 18.5. The summed E-state index contributed by atoms with van der Waals surface area (Å²) in [4.78, 5) is 11.6. The van der Waals surface area contributed by atoms with E-state index in [4.69, 9.17) is 0 Å². The normalized spacial score (nSPS) is 15.5. The number of carbonyl (C=O) groups is 1. The molecule has 0 aliphatic rings. The number of likely N-dealkylation sites (N-methyl/N-ethyl adjacent to an activating group) is 1. The van der Waals surface area contributed by atoms with Gasteiger partial charge in [0, 0.05) is 0 Å². The molecule has 0 heterocycles. The molecule has 0 fully saturated rings. The lowest BCUT2D eigenvalue weighted by Gasteiger charge is -2.27. The van der Waals surface area contributed by atoms with E-state index in [0.717, 1.165) is 0 Å². The fourth-order valence-corrected chi connectivity index (χ4v) is 1.92. The van der Waals surface area contributed by atoms with Crippen LogP contribution in [0.3, 0.4) is 0 Å². The number of rotatable bonds is 4. The van der Waals surface area contributed by atoms with Crippen molar-refractivity contribution in [3.8, 4) is 0 Å². The van der Waals surface area contributed by atoms with Crippen molar-refractivity contribution in [2.75, 3.05) is 7.05 Å². The number of halogens is 6. The van der Waals surface area contributed by atoms with E-state index < -0.39 is 29.0 Å². The molecule has 124 valence electrons. The maximum absolute atomic E-state index is 12.8. The first-order chi connectivity index (χ1) is 9.79. The molecule has 0 unspecified atom stereocenters. The molecule has 0 spiro atoms. The number of alkyl halides is 6. The summed E-state index contributed by atoms with van der Waals surface area (Å²) in [6.45, 7) is 2.64. The molecular weight excluding hydrogens is 312 g/mol. The van der Waals surface area contributed by atoms with Crippen LogP contribution in [0.2, 0.25) is 0 Å². The number of hydrogen-bond acceptors (Lipinski definition) is 2. The van der Waals surface area contributed by atoms with Gasteiger partial charge in [-0.15, -0.1) is 0 Å². The third kappa shape index (κ3) is 4.22. The minimum atomic E-state index is -4.90. The molecule has 22 heavy (non-hydrogen) atoms. The summed E-state index contributed by atoms with van der Waals surface area (Å²) in [7, 11) is 1.42. The van der Waals surface area contributed by atoms with Gasteiger partial charge in [0.25, 0.3) is 0 Å². The Labute approximate surface area is 123 Å². The molecule has 0 amide bonds. The monoisotopic (exact) mass is 327 g/mol. The summed E-state index contributed by atoms with van der Waals surface area (Å²) < 4.78 is 76.6. The molecule has 0 saturated heterocycles. The zero-order valence-electron chi connectivity index (χ0n) is 12.1. The number of hydrogen-bond donors (Lipinski definition) is 1. The van der Waals surface area contributed by atoms with Gasteiger partial charge in [-0.1, -0.05) is 0 Å². The first-order valence-corrected chi connectivity index (χ1v) is 6.28. The van der Waals surface area contributed by atoms with E-state index in [2.05, 4.69) is 5.32 Å². The van der Waals surface area contributed by atoms with Gasteiger partial charge in [0.15, 0.2) is 0 Å². The molecule has 8 heteroatoms. The number of benzene rings is 1. The minimum absolute atomic E-state index is 0.0635. The van der Waals surface area contributed by atoms with Crippen molar-refractivity contribution in [3.05, 3.63) is 34.9 Å². The molecule has 0 aromatic heterocycles. The van der Waals surface area contributed by atoms with Crippen LogP contribution in [-0.4, -0.2) is 18.4 Å². The molecule has 1 aromatic carbocycles. The first-order valence-electron chi connectivity index (χ1n) is 6.28. The SMILES string of the molecule is CN[C@](C)(Cc1cc(C(F)(F)F)cc(C(F)(F)F)c1)C(C)=O. The number of nitrogens with one attached hydrogen (secondary N) is 1. The highest BCUT2D eigenvalue weighted by molar-refractivity contribution is 5.86. The molecule has 0 saturated carbocycles. The van der Waals surface area contributed by atoms with Gasteiger partial charge in [-0.2, -0.15) is 26.3 Å². The summed E-state index contributed by atoms with van der Waals surface area (Å²) in [6.07, 6.45) is -10.1. The molecule has 0 aliphatic carbocycles. The van der Waals surface area contributed by atoms with Gasteiger partial charge in [0.05, 0.1) is 16.7 Å². The van der Waals surface area contributed by atoms with E-state index in [1.54, 1.807) is 0 Å². The maximum atomic E-state index is 12.8. The molecule has 2 nitrogen and oxygen atoms in total. The molecule has 0 bridgehead atoms. The van der Waals surface area contributed by atoms with Crippen LogP contribution in [0.4, 0.5) is 26.3 Å². The molecule has 0 aliphatic heterocycles. The number of carbonyl (C=O) groups excluding carboxylic acids is 1. The Hall–Kier alpha value is -1.57. The van der Waals surface area contributed by atoms with Crippen molar-refractivity contribution in [2.24, 2.45) is 0 Å². The van der Waals surface area contributed by atoms with Gasteiger partial charge in [0.1, 0.15) is 5.78 Å². The van der Waals surface area contributed by atoms with Crippen LogP contribution in [0.1, 0.15) is 30.5 Å². The lowest BCUT2D eigenvalue weighted by Crippen LogP contribution is -2.48. The van der Waals surface area contributed by atoms with Crippen LogP contribution < -0.4 is 5.32 Å². The highest BCUT2D eigenvalue weighted by atomic mass is 19.4. The standard InChI is InChI=1S/C14H15F6NO/c1-8(22)12(2,21-3)7-9-4-10(13(15,16)17)6-11(5-9)14(18,19)20/h4-6,21H,7H2,1-3H3/t12-/m1/s1. The van der Waals surface area contributed by atoms with Crippen LogP contribution >= 0.6 is 0 Å². The van der Waals surface area contributed by atoms with Crippen LogP contribution in [0, 0.1) is 0 Å². The maximum Gasteiger partial charge on any atom is 0.416 e. The highest BCUT2D eigenvalue weighted by Gasteiger charge is 2.38. The van der Waals surface area contributed by atoms with Gasteiger partial charge in [-0.3, -0.25) is 4.79 Å². The molecule has 1 aromatic rings. The van der Waals surface area contributed by atoms with E-state index >= 15 is 0 Å². The largest absolute Gasteiger partial charge is 0.416 e. The Balaban J connectivity index is 3.39. The zero-order valence-corrected chi connectivity index (χ0v) is 12.1. The average molecular weight is 327 g/mol. The van der Waals surface area contributed by atoms with Crippen LogP contribution in [-0.2, 0) is 23.6 Å². The van der Waals surface area contributed by atoms with Crippen molar-refractivity contribution in [3.63, 3.8) is 0 Å². The second-order valence-corrected chi connectivity index (χ2v) is 5.23. The third-order valence-electron chi connectivity index (χ3n) is 3.53. The summed E-state index contributed by atoms with van der Waals surface area (Å²) in [6, 6.07) is 1.33. The van der Waals surface area contributed by atoms with Gasteiger partial charge in [0.2, 0.25) is 0 Å². The zero-order chi connectivity index (χ0) is 17.3.